The summed E-state index contributed by atoms with van der Waals surface area (Å²) < 4.78 is 4.01. The van der Waals surface area contributed by atoms with E-state index in [9.17, 15) is 0 Å². The third-order valence-electron chi connectivity index (χ3n) is 2.96. The van der Waals surface area contributed by atoms with E-state index in [4.69, 9.17) is 23.2 Å². The largest absolute Gasteiger partial charge is 0.294 e. The van der Waals surface area contributed by atoms with E-state index in [1.165, 1.54) is 0 Å². The quantitative estimate of drug-likeness (QED) is 0.456. The van der Waals surface area contributed by atoms with Crippen molar-refractivity contribution in [3.8, 4) is 5.69 Å². The fraction of sp³-hybridized carbons (Fsp3) is 0.0714. The molecule has 0 spiro atoms. The third kappa shape index (κ3) is 2.50. The first-order valence-electron chi connectivity index (χ1n) is 5.78. The zero-order chi connectivity index (χ0) is 14.3. The van der Waals surface area contributed by atoms with Crippen molar-refractivity contribution in [1.29, 1.82) is 0 Å². The van der Waals surface area contributed by atoms with Crippen molar-refractivity contribution in [2.24, 2.45) is 0 Å². The minimum absolute atomic E-state index is 0.328. The van der Waals surface area contributed by atoms with Gasteiger partial charge in [-0.3, -0.25) is 4.57 Å². The Hall–Kier alpha value is -0.550. The van der Waals surface area contributed by atoms with Crippen LogP contribution in [0.15, 0.2) is 45.3 Å². The summed E-state index contributed by atoms with van der Waals surface area (Å²) in [5, 5.41) is 0.665. The number of halogens is 4. The van der Waals surface area contributed by atoms with E-state index in [0.717, 1.165) is 31.5 Å². The van der Waals surface area contributed by atoms with Crippen LogP contribution in [-0.4, -0.2) is 9.55 Å². The molecule has 20 heavy (non-hydrogen) atoms. The second kappa shape index (κ2) is 5.68. The molecule has 1 heterocycles. The lowest BCUT2D eigenvalue weighted by molar-refractivity contribution is 0.977. The minimum Gasteiger partial charge on any atom is -0.294 e. The first-order chi connectivity index (χ1) is 9.60. The monoisotopic (exact) mass is 432 g/mol. The highest BCUT2D eigenvalue weighted by molar-refractivity contribution is 9.11. The topological polar surface area (TPSA) is 17.8 Å². The fourth-order valence-electron chi connectivity index (χ4n) is 2.12. The minimum atomic E-state index is 0.328. The molecule has 1 aromatic heterocycles. The maximum absolute atomic E-state index is 6.04. The summed E-state index contributed by atoms with van der Waals surface area (Å²) in [7, 11) is 0. The standard InChI is InChI=1S/C14H8Br2Cl2N2/c15-8-1-3-12(10(16)5-8)20-13-4-2-9(18)6-11(13)19-14(20)7-17/h1-6H,7H2. The summed E-state index contributed by atoms with van der Waals surface area (Å²) in [4.78, 5) is 4.55. The number of nitrogens with zero attached hydrogens (tertiary/aromatic N) is 2. The van der Waals surface area contributed by atoms with Gasteiger partial charge in [-0.1, -0.05) is 27.5 Å². The highest BCUT2D eigenvalue weighted by Gasteiger charge is 2.14. The van der Waals surface area contributed by atoms with E-state index in [-0.39, 0.29) is 0 Å². The van der Waals surface area contributed by atoms with Crippen LogP contribution in [0.4, 0.5) is 0 Å². The van der Waals surface area contributed by atoms with E-state index < -0.39 is 0 Å². The first-order valence-corrected chi connectivity index (χ1v) is 8.28. The third-order valence-corrected chi connectivity index (χ3v) is 4.56. The van der Waals surface area contributed by atoms with E-state index in [1.807, 2.05) is 41.0 Å². The molecule has 0 radical (unpaired) electrons. The smallest absolute Gasteiger partial charge is 0.129 e. The van der Waals surface area contributed by atoms with Crippen molar-refractivity contribution < 1.29 is 0 Å². The van der Waals surface area contributed by atoms with Crippen LogP contribution in [0.2, 0.25) is 5.02 Å². The van der Waals surface area contributed by atoms with Gasteiger partial charge in [0, 0.05) is 14.0 Å². The van der Waals surface area contributed by atoms with Crippen molar-refractivity contribution in [1.82, 2.24) is 9.55 Å². The molecule has 102 valence electrons. The molecular formula is C14H8Br2Cl2N2. The Balaban J connectivity index is 2.34. The summed E-state index contributed by atoms with van der Waals surface area (Å²) in [6, 6.07) is 11.6. The molecule has 6 heteroatoms. The van der Waals surface area contributed by atoms with Gasteiger partial charge < -0.3 is 0 Å². The summed E-state index contributed by atoms with van der Waals surface area (Å²) in [5.74, 6) is 1.11. The fourth-order valence-corrected chi connectivity index (χ4v) is 3.69. The molecule has 0 aliphatic heterocycles. The molecule has 0 bridgehead atoms. The lowest BCUT2D eigenvalue weighted by Crippen LogP contribution is -2.00. The number of fused-ring (bicyclic) bond motifs is 1. The summed E-state index contributed by atoms with van der Waals surface area (Å²) in [5.41, 5.74) is 2.81. The number of hydrogen-bond donors (Lipinski definition) is 0. The number of alkyl halides is 1. The van der Waals surface area contributed by atoms with Gasteiger partial charge in [-0.15, -0.1) is 11.6 Å². The van der Waals surface area contributed by atoms with Crippen LogP contribution in [0, 0.1) is 0 Å². The SMILES string of the molecule is ClCc1nc2cc(Cl)ccc2n1-c1ccc(Br)cc1Br. The van der Waals surface area contributed by atoms with Gasteiger partial charge in [-0.25, -0.2) is 4.98 Å². The van der Waals surface area contributed by atoms with Gasteiger partial charge in [-0.05, 0) is 52.3 Å². The molecule has 0 N–H and O–H groups in total. The Morgan fingerprint density at radius 3 is 2.60 bits per heavy atom. The summed E-state index contributed by atoms with van der Waals surface area (Å²) in [6.45, 7) is 0. The molecule has 0 fully saturated rings. The number of hydrogen-bond acceptors (Lipinski definition) is 1. The van der Waals surface area contributed by atoms with Crippen LogP contribution in [0.5, 0.6) is 0 Å². The Morgan fingerprint density at radius 2 is 1.90 bits per heavy atom. The maximum atomic E-state index is 6.04. The van der Waals surface area contributed by atoms with Gasteiger partial charge in [0.2, 0.25) is 0 Å². The van der Waals surface area contributed by atoms with Crippen LogP contribution in [0.1, 0.15) is 5.82 Å². The number of benzene rings is 2. The molecular weight excluding hydrogens is 427 g/mol. The molecule has 0 aliphatic rings. The lowest BCUT2D eigenvalue weighted by Gasteiger charge is -2.10. The van der Waals surface area contributed by atoms with Gasteiger partial charge in [0.25, 0.3) is 0 Å². The Labute approximate surface area is 143 Å². The summed E-state index contributed by atoms with van der Waals surface area (Å²) in [6.07, 6.45) is 0. The average Bonchev–Trinajstić information content (AvgIpc) is 2.76. The van der Waals surface area contributed by atoms with Crippen molar-refractivity contribution in [2.75, 3.05) is 0 Å². The Bertz CT molecular complexity index is 799. The molecule has 3 rings (SSSR count). The molecule has 0 amide bonds. The van der Waals surface area contributed by atoms with E-state index in [2.05, 4.69) is 36.8 Å². The Kier molecular flexibility index (Phi) is 4.09. The molecule has 2 nitrogen and oxygen atoms in total. The molecule has 3 aromatic rings. The highest BCUT2D eigenvalue weighted by Crippen LogP contribution is 2.31. The second-order valence-electron chi connectivity index (χ2n) is 4.23. The van der Waals surface area contributed by atoms with Crippen LogP contribution < -0.4 is 0 Å². The van der Waals surface area contributed by atoms with Gasteiger partial charge in [0.05, 0.1) is 22.6 Å². The predicted molar refractivity (Wildman–Crippen MR) is 91.0 cm³/mol. The van der Waals surface area contributed by atoms with E-state index >= 15 is 0 Å². The lowest BCUT2D eigenvalue weighted by atomic mass is 10.3. The van der Waals surface area contributed by atoms with Crippen LogP contribution in [0.25, 0.3) is 16.7 Å². The highest BCUT2D eigenvalue weighted by atomic mass is 79.9. The first kappa shape index (κ1) is 14.4. The maximum Gasteiger partial charge on any atom is 0.129 e. The van der Waals surface area contributed by atoms with Gasteiger partial charge in [0.15, 0.2) is 0 Å². The average molecular weight is 435 g/mol. The molecule has 2 aromatic carbocycles. The van der Waals surface area contributed by atoms with E-state index in [1.54, 1.807) is 0 Å². The second-order valence-corrected chi connectivity index (χ2v) is 6.70. The van der Waals surface area contributed by atoms with E-state index in [0.29, 0.717) is 10.9 Å². The molecule has 0 atom stereocenters. The number of aromatic nitrogens is 2. The molecule has 0 aliphatic carbocycles. The van der Waals surface area contributed by atoms with Crippen LogP contribution in [-0.2, 0) is 5.88 Å². The number of imidazole rings is 1. The number of rotatable bonds is 2. The summed E-state index contributed by atoms with van der Waals surface area (Å²) >= 11 is 19.1. The normalized spacial score (nSPS) is 11.2. The molecule has 0 unspecified atom stereocenters. The Morgan fingerprint density at radius 1 is 1.10 bits per heavy atom. The van der Waals surface area contributed by atoms with Crippen LogP contribution in [0.3, 0.4) is 0 Å². The molecule has 0 saturated heterocycles. The van der Waals surface area contributed by atoms with Crippen molar-refractivity contribution >= 4 is 66.1 Å². The van der Waals surface area contributed by atoms with Crippen molar-refractivity contribution in [3.63, 3.8) is 0 Å². The van der Waals surface area contributed by atoms with Crippen molar-refractivity contribution in [2.45, 2.75) is 5.88 Å². The zero-order valence-corrected chi connectivity index (χ0v) is 14.8. The zero-order valence-electron chi connectivity index (χ0n) is 10.1. The van der Waals surface area contributed by atoms with Crippen molar-refractivity contribution in [3.05, 3.63) is 56.2 Å². The van der Waals surface area contributed by atoms with Gasteiger partial charge in [0.1, 0.15) is 5.82 Å². The predicted octanol–water partition coefficient (Wildman–Crippen LogP) is 5.94. The van der Waals surface area contributed by atoms with Gasteiger partial charge >= 0.3 is 0 Å². The van der Waals surface area contributed by atoms with Crippen LogP contribution >= 0.6 is 55.1 Å². The molecule has 0 saturated carbocycles. The van der Waals surface area contributed by atoms with Gasteiger partial charge in [-0.2, -0.15) is 0 Å².